The lowest BCUT2D eigenvalue weighted by molar-refractivity contribution is 0.171. The van der Waals surface area contributed by atoms with Crippen molar-refractivity contribution in [2.24, 2.45) is 0 Å². The molecule has 1 aliphatic rings. The lowest BCUT2D eigenvalue weighted by atomic mass is 10.1. The van der Waals surface area contributed by atoms with Crippen LogP contribution in [0.3, 0.4) is 0 Å². The van der Waals surface area contributed by atoms with E-state index in [0.29, 0.717) is 13.2 Å². The number of benzene rings is 1. The first-order valence-electron chi connectivity index (χ1n) is 6.04. The Labute approximate surface area is 143 Å². The fourth-order valence-electron chi connectivity index (χ4n) is 2.04. The molecule has 2 nitrogen and oxygen atoms in total. The van der Waals surface area contributed by atoms with Gasteiger partial charge in [-0.05, 0) is 35.6 Å². The zero-order valence-electron chi connectivity index (χ0n) is 10.6. The van der Waals surface area contributed by atoms with E-state index in [4.69, 9.17) is 21.1 Å². The fraction of sp³-hybridized carbons (Fsp3) is 0.286. The predicted octanol–water partition coefficient (Wildman–Crippen LogP) is 5.73. The van der Waals surface area contributed by atoms with Gasteiger partial charge in [0.15, 0.2) is 11.5 Å². The van der Waals surface area contributed by atoms with Gasteiger partial charge >= 0.3 is 0 Å². The number of hydrogen-bond acceptors (Lipinski definition) is 3. The van der Waals surface area contributed by atoms with Crippen LogP contribution < -0.4 is 9.47 Å². The molecule has 1 aliphatic heterocycles. The predicted molar refractivity (Wildman–Crippen MR) is 90.0 cm³/mol. The summed E-state index contributed by atoms with van der Waals surface area (Å²) in [7, 11) is 0. The fourth-order valence-corrected chi connectivity index (χ4v) is 5.25. The van der Waals surface area contributed by atoms with Gasteiger partial charge in [-0.25, -0.2) is 0 Å². The smallest absolute Gasteiger partial charge is 0.162 e. The topological polar surface area (TPSA) is 18.5 Å². The summed E-state index contributed by atoms with van der Waals surface area (Å²) in [6, 6.07) is 3.95. The maximum atomic E-state index is 6.36. The Morgan fingerprint density at radius 2 is 1.90 bits per heavy atom. The molecule has 0 aliphatic carbocycles. The molecular formula is C14H11Br2ClO2S. The third kappa shape index (κ3) is 2.61. The van der Waals surface area contributed by atoms with E-state index in [2.05, 4.69) is 37.2 Å². The Morgan fingerprint density at radius 1 is 1.25 bits per heavy atom. The number of rotatable bonds is 2. The monoisotopic (exact) mass is 436 g/mol. The van der Waals surface area contributed by atoms with Crippen molar-refractivity contribution in [3.8, 4) is 11.5 Å². The van der Waals surface area contributed by atoms with E-state index in [9.17, 15) is 0 Å². The average Bonchev–Trinajstić information content (AvgIpc) is 2.77. The minimum Gasteiger partial charge on any atom is -0.486 e. The summed E-state index contributed by atoms with van der Waals surface area (Å²) in [6.07, 6.45) is 0. The quantitative estimate of drug-likeness (QED) is 0.558. The Balaban J connectivity index is 2.03. The molecule has 2 heterocycles. The maximum Gasteiger partial charge on any atom is 0.162 e. The van der Waals surface area contributed by atoms with Crippen LogP contribution in [0.1, 0.15) is 20.8 Å². The maximum absolute atomic E-state index is 6.36. The largest absolute Gasteiger partial charge is 0.486 e. The lowest BCUT2D eigenvalue weighted by Crippen LogP contribution is -2.15. The van der Waals surface area contributed by atoms with E-state index in [1.165, 1.54) is 0 Å². The summed E-state index contributed by atoms with van der Waals surface area (Å²) in [5.41, 5.74) is 2.18. The first kappa shape index (κ1) is 14.7. The van der Waals surface area contributed by atoms with E-state index >= 15 is 0 Å². The summed E-state index contributed by atoms with van der Waals surface area (Å²) in [6.45, 7) is 3.19. The molecule has 0 fully saturated rings. The highest BCUT2D eigenvalue weighted by molar-refractivity contribution is 9.11. The van der Waals surface area contributed by atoms with Crippen LogP contribution in [-0.2, 0) is 0 Å². The van der Waals surface area contributed by atoms with Crippen LogP contribution in [0.15, 0.2) is 22.0 Å². The highest BCUT2D eigenvalue weighted by Gasteiger charge is 2.23. The molecule has 20 heavy (non-hydrogen) atoms. The third-order valence-corrected chi connectivity index (χ3v) is 6.81. The van der Waals surface area contributed by atoms with Gasteiger partial charge in [0.05, 0.1) is 9.85 Å². The van der Waals surface area contributed by atoms with E-state index in [-0.39, 0.29) is 4.83 Å². The summed E-state index contributed by atoms with van der Waals surface area (Å²) in [5, 5.41) is 2.89. The molecule has 0 saturated carbocycles. The molecule has 3 rings (SSSR count). The van der Waals surface area contributed by atoms with E-state index in [1.807, 2.05) is 19.1 Å². The Hall–Kier alpha value is -0.230. The second kappa shape index (κ2) is 5.87. The molecule has 1 aromatic carbocycles. The summed E-state index contributed by atoms with van der Waals surface area (Å²) >= 11 is 15.3. The number of halogens is 3. The zero-order chi connectivity index (χ0) is 14.3. The van der Waals surface area contributed by atoms with Crippen LogP contribution in [0.5, 0.6) is 11.5 Å². The van der Waals surface area contributed by atoms with Gasteiger partial charge in [0.2, 0.25) is 0 Å². The molecular weight excluding hydrogens is 427 g/mol. The van der Waals surface area contributed by atoms with Gasteiger partial charge in [-0.2, -0.15) is 0 Å². The van der Waals surface area contributed by atoms with Crippen molar-refractivity contribution in [3.05, 3.63) is 43.0 Å². The van der Waals surface area contributed by atoms with Gasteiger partial charge in [0.1, 0.15) is 13.2 Å². The SMILES string of the molecule is Cc1csc(C(Br)c2cc3c(cc2Br)OCCO3)c1Cl. The lowest BCUT2D eigenvalue weighted by Gasteiger charge is -2.21. The van der Waals surface area contributed by atoms with Crippen molar-refractivity contribution in [2.75, 3.05) is 13.2 Å². The number of hydrogen-bond donors (Lipinski definition) is 0. The molecule has 0 amide bonds. The van der Waals surface area contributed by atoms with Crippen molar-refractivity contribution < 1.29 is 9.47 Å². The standard InChI is InChI=1S/C14H11Br2ClO2S/c1-7-6-20-14(13(7)17)12(16)8-4-10-11(5-9(8)15)19-3-2-18-10/h4-6,12H,2-3H2,1H3. The first-order valence-corrected chi connectivity index (χ1v) is 9.01. The van der Waals surface area contributed by atoms with E-state index < -0.39 is 0 Å². The van der Waals surface area contributed by atoms with Gasteiger partial charge in [-0.1, -0.05) is 43.5 Å². The molecule has 2 aromatic rings. The molecule has 1 atom stereocenters. The number of thiophene rings is 1. The third-order valence-electron chi connectivity index (χ3n) is 3.09. The normalized spacial score (nSPS) is 15.2. The minimum absolute atomic E-state index is 0.0268. The molecule has 6 heteroatoms. The van der Waals surface area contributed by atoms with Crippen LogP contribution in [0.4, 0.5) is 0 Å². The van der Waals surface area contributed by atoms with Crippen LogP contribution in [0.2, 0.25) is 5.02 Å². The van der Waals surface area contributed by atoms with Gasteiger partial charge < -0.3 is 9.47 Å². The highest BCUT2D eigenvalue weighted by atomic mass is 79.9. The Morgan fingerprint density at radius 3 is 2.50 bits per heavy atom. The van der Waals surface area contributed by atoms with Gasteiger partial charge in [-0.3, -0.25) is 0 Å². The number of fused-ring (bicyclic) bond motifs is 1. The molecule has 0 N–H and O–H groups in total. The molecule has 106 valence electrons. The van der Waals surface area contributed by atoms with Crippen molar-refractivity contribution in [2.45, 2.75) is 11.8 Å². The summed E-state index contributed by atoms with van der Waals surface area (Å²) in [4.78, 5) is 1.13. The van der Waals surface area contributed by atoms with Crippen LogP contribution in [0, 0.1) is 6.92 Å². The average molecular weight is 439 g/mol. The van der Waals surface area contributed by atoms with Gasteiger partial charge in [0.25, 0.3) is 0 Å². The molecule has 0 saturated heterocycles. The number of aryl methyl sites for hydroxylation is 1. The Kier molecular flexibility index (Phi) is 4.32. The first-order chi connectivity index (χ1) is 9.58. The van der Waals surface area contributed by atoms with Crippen molar-refractivity contribution in [1.29, 1.82) is 0 Å². The van der Waals surface area contributed by atoms with E-state index in [0.717, 1.165) is 37.0 Å². The highest BCUT2D eigenvalue weighted by Crippen LogP contribution is 2.46. The second-order valence-electron chi connectivity index (χ2n) is 4.48. The van der Waals surface area contributed by atoms with Gasteiger partial charge in [-0.15, -0.1) is 11.3 Å². The molecule has 0 bridgehead atoms. The van der Waals surface area contributed by atoms with Crippen LogP contribution in [-0.4, -0.2) is 13.2 Å². The molecule has 1 aromatic heterocycles. The number of alkyl halides is 1. The molecule has 0 radical (unpaired) electrons. The summed E-state index contributed by atoms with van der Waals surface area (Å²) < 4.78 is 12.2. The van der Waals surface area contributed by atoms with Gasteiger partial charge in [0, 0.05) is 9.35 Å². The molecule has 1 unspecified atom stereocenters. The van der Waals surface area contributed by atoms with E-state index in [1.54, 1.807) is 11.3 Å². The van der Waals surface area contributed by atoms with Crippen molar-refractivity contribution in [3.63, 3.8) is 0 Å². The van der Waals surface area contributed by atoms with Crippen LogP contribution in [0.25, 0.3) is 0 Å². The summed E-state index contributed by atoms with van der Waals surface area (Å²) in [5.74, 6) is 1.56. The van der Waals surface area contributed by atoms with Crippen LogP contribution >= 0.6 is 54.8 Å². The number of ether oxygens (including phenoxy) is 2. The minimum atomic E-state index is 0.0268. The second-order valence-corrected chi connectivity index (χ2v) is 7.54. The zero-order valence-corrected chi connectivity index (χ0v) is 15.3. The van der Waals surface area contributed by atoms with Crippen molar-refractivity contribution >= 4 is 54.8 Å². The van der Waals surface area contributed by atoms with Crippen molar-refractivity contribution in [1.82, 2.24) is 0 Å². The Bertz CT molecular complexity index is 657. The molecule has 0 spiro atoms.